The molecule has 0 aliphatic carbocycles. The summed E-state index contributed by atoms with van der Waals surface area (Å²) in [5.41, 5.74) is 4.23. The molecular formula is C24H29N3O4. The fourth-order valence-electron chi connectivity index (χ4n) is 4.12. The molecule has 164 valence electrons. The number of benzene rings is 1. The molecule has 2 heterocycles. The van der Waals surface area contributed by atoms with Gasteiger partial charge in [-0.3, -0.25) is 9.59 Å². The van der Waals surface area contributed by atoms with E-state index in [-0.39, 0.29) is 17.0 Å². The lowest BCUT2D eigenvalue weighted by molar-refractivity contribution is -0.132. The lowest BCUT2D eigenvalue weighted by Crippen LogP contribution is -2.36. The van der Waals surface area contributed by atoms with E-state index in [2.05, 4.69) is 4.98 Å². The highest BCUT2D eigenvalue weighted by molar-refractivity contribution is 5.77. The smallest absolute Gasteiger partial charge is 0.266 e. The number of nitriles is 1. The zero-order valence-corrected chi connectivity index (χ0v) is 18.6. The van der Waals surface area contributed by atoms with E-state index >= 15 is 0 Å². The van der Waals surface area contributed by atoms with Crippen LogP contribution in [-0.2, 0) is 24.2 Å². The predicted octanol–water partition coefficient (Wildman–Crippen LogP) is 3.18. The first-order valence-electron chi connectivity index (χ1n) is 10.7. The van der Waals surface area contributed by atoms with Crippen LogP contribution in [-0.4, -0.2) is 35.5 Å². The van der Waals surface area contributed by atoms with Crippen molar-refractivity contribution in [2.45, 2.75) is 53.5 Å². The number of pyridine rings is 1. The van der Waals surface area contributed by atoms with Crippen LogP contribution < -0.4 is 15.0 Å². The number of amides is 1. The first-order chi connectivity index (χ1) is 14.9. The highest BCUT2D eigenvalue weighted by atomic mass is 16.5. The van der Waals surface area contributed by atoms with Crippen LogP contribution in [0.1, 0.15) is 53.8 Å². The number of hydrogen-bond donors (Lipinski definition) is 1. The topological polar surface area (TPSA) is 95.4 Å². The molecule has 0 fully saturated rings. The molecule has 3 rings (SSSR count). The van der Waals surface area contributed by atoms with E-state index in [1.54, 1.807) is 13.8 Å². The minimum Gasteiger partial charge on any atom is -0.490 e. The summed E-state index contributed by atoms with van der Waals surface area (Å²) in [5.74, 6) is 1.52. The number of H-pyrrole nitrogens is 1. The maximum Gasteiger partial charge on any atom is 0.266 e. The summed E-state index contributed by atoms with van der Waals surface area (Å²) in [6.45, 7) is 9.75. The van der Waals surface area contributed by atoms with Gasteiger partial charge in [0.2, 0.25) is 5.91 Å². The minimum atomic E-state index is -0.378. The lowest BCUT2D eigenvalue weighted by Gasteiger charge is -2.30. The van der Waals surface area contributed by atoms with Gasteiger partial charge >= 0.3 is 0 Å². The van der Waals surface area contributed by atoms with E-state index in [1.807, 2.05) is 36.9 Å². The Balaban J connectivity index is 1.74. The SMILES string of the molecule is CCOc1cc2c(cc1OCC)CN(C(=O)CCc1c(C)[nH]c(=O)c(C#N)c1C)CC2. The number of nitrogens with zero attached hydrogens (tertiary/aromatic N) is 2. The van der Waals surface area contributed by atoms with Crippen molar-refractivity contribution in [2.24, 2.45) is 0 Å². The van der Waals surface area contributed by atoms with Gasteiger partial charge in [0, 0.05) is 25.2 Å². The molecule has 1 amide bonds. The van der Waals surface area contributed by atoms with Crippen LogP contribution >= 0.6 is 0 Å². The number of hydrogen-bond acceptors (Lipinski definition) is 5. The van der Waals surface area contributed by atoms with Gasteiger partial charge in [0.05, 0.1) is 13.2 Å². The predicted molar refractivity (Wildman–Crippen MR) is 117 cm³/mol. The maximum atomic E-state index is 12.9. The molecule has 1 aromatic carbocycles. The van der Waals surface area contributed by atoms with Crippen molar-refractivity contribution in [3.8, 4) is 17.6 Å². The number of rotatable bonds is 7. The van der Waals surface area contributed by atoms with Crippen molar-refractivity contribution < 1.29 is 14.3 Å². The van der Waals surface area contributed by atoms with Crippen LogP contribution in [0.3, 0.4) is 0 Å². The summed E-state index contributed by atoms with van der Waals surface area (Å²) in [6, 6.07) is 5.98. The van der Waals surface area contributed by atoms with Crippen molar-refractivity contribution in [3.63, 3.8) is 0 Å². The number of carbonyl (C=O) groups is 1. The third kappa shape index (κ3) is 4.74. The number of carbonyl (C=O) groups excluding carboxylic acids is 1. The molecule has 1 aromatic heterocycles. The van der Waals surface area contributed by atoms with Gasteiger partial charge in [0.1, 0.15) is 11.6 Å². The van der Waals surface area contributed by atoms with Crippen LogP contribution in [0, 0.1) is 25.2 Å². The Kier molecular flexibility index (Phi) is 7.01. The van der Waals surface area contributed by atoms with Crippen LogP contribution in [0.25, 0.3) is 0 Å². The Morgan fingerprint density at radius 1 is 1.16 bits per heavy atom. The first kappa shape index (κ1) is 22.4. The molecule has 2 aromatic rings. The van der Waals surface area contributed by atoms with Gasteiger partial charge in [-0.05, 0) is 74.9 Å². The number of aryl methyl sites for hydroxylation is 1. The summed E-state index contributed by atoms with van der Waals surface area (Å²) in [4.78, 5) is 29.4. The summed E-state index contributed by atoms with van der Waals surface area (Å²) < 4.78 is 11.4. The standard InChI is InChI=1S/C24H29N3O4/c1-5-30-21-11-17-9-10-27(14-18(17)12-22(21)31-6-2)23(28)8-7-19-15(3)20(13-25)24(29)26-16(19)4/h11-12H,5-10,14H2,1-4H3,(H,26,29). The molecule has 0 bridgehead atoms. The average Bonchev–Trinajstić information content (AvgIpc) is 2.74. The average molecular weight is 424 g/mol. The molecule has 0 saturated carbocycles. The van der Waals surface area contributed by atoms with E-state index in [0.29, 0.717) is 56.2 Å². The zero-order valence-electron chi connectivity index (χ0n) is 18.6. The van der Waals surface area contributed by atoms with Crippen LogP contribution in [0.15, 0.2) is 16.9 Å². The quantitative estimate of drug-likeness (QED) is 0.738. The maximum absolute atomic E-state index is 12.9. The van der Waals surface area contributed by atoms with Gasteiger partial charge in [-0.2, -0.15) is 5.26 Å². The normalized spacial score (nSPS) is 12.8. The van der Waals surface area contributed by atoms with Gasteiger partial charge in [0.25, 0.3) is 5.56 Å². The lowest BCUT2D eigenvalue weighted by atomic mass is 9.97. The Morgan fingerprint density at radius 3 is 2.42 bits per heavy atom. The molecule has 0 saturated heterocycles. The zero-order chi connectivity index (χ0) is 22.5. The van der Waals surface area contributed by atoms with E-state index in [9.17, 15) is 14.9 Å². The molecule has 1 aliphatic rings. The van der Waals surface area contributed by atoms with Crippen molar-refractivity contribution >= 4 is 5.91 Å². The largest absolute Gasteiger partial charge is 0.490 e. The van der Waals surface area contributed by atoms with Gasteiger partial charge in [-0.15, -0.1) is 0 Å². The summed E-state index contributed by atoms with van der Waals surface area (Å²) >= 11 is 0. The summed E-state index contributed by atoms with van der Waals surface area (Å²) in [6.07, 6.45) is 1.57. The Hall–Kier alpha value is -3.27. The van der Waals surface area contributed by atoms with Crippen molar-refractivity contribution in [1.29, 1.82) is 5.26 Å². The highest BCUT2D eigenvalue weighted by Gasteiger charge is 2.23. The molecule has 0 spiro atoms. The van der Waals surface area contributed by atoms with Crippen molar-refractivity contribution in [1.82, 2.24) is 9.88 Å². The number of ether oxygens (including phenoxy) is 2. The number of fused-ring (bicyclic) bond motifs is 1. The van der Waals surface area contributed by atoms with Crippen LogP contribution in [0.2, 0.25) is 0 Å². The van der Waals surface area contributed by atoms with E-state index < -0.39 is 0 Å². The van der Waals surface area contributed by atoms with Crippen molar-refractivity contribution in [2.75, 3.05) is 19.8 Å². The highest BCUT2D eigenvalue weighted by Crippen LogP contribution is 2.34. The van der Waals surface area contributed by atoms with Crippen molar-refractivity contribution in [3.05, 3.63) is 56.0 Å². The number of nitrogens with one attached hydrogen (secondary N) is 1. The number of aromatic nitrogens is 1. The van der Waals surface area contributed by atoms with E-state index in [1.165, 1.54) is 5.56 Å². The Labute approximate surface area is 182 Å². The molecule has 31 heavy (non-hydrogen) atoms. The molecule has 0 atom stereocenters. The Morgan fingerprint density at radius 2 is 1.81 bits per heavy atom. The second kappa shape index (κ2) is 9.69. The van der Waals surface area contributed by atoms with Crippen LogP contribution in [0.5, 0.6) is 11.5 Å². The molecule has 7 heteroatoms. The summed E-state index contributed by atoms with van der Waals surface area (Å²) in [5, 5.41) is 9.24. The summed E-state index contributed by atoms with van der Waals surface area (Å²) in [7, 11) is 0. The monoisotopic (exact) mass is 423 g/mol. The van der Waals surface area contributed by atoms with Gasteiger partial charge in [0.15, 0.2) is 11.5 Å². The molecule has 7 nitrogen and oxygen atoms in total. The third-order valence-electron chi connectivity index (χ3n) is 5.74. The van der Waals surface area contributed by atoms with E-state index in [4.69, 9.17) is 9.47 Å². The second-order valence-corrected chi connectivity index (χ2v) is 7.67. The molecule has 1 N–H and O–H groups in total. The fourth-order valence-corrected chi connectivity index (χ4v) is 4.12. The third-order valence-corrected chi connectivity index (χ3v) is 5.74. The first-order valence-corrected chi connectivity index (χ1v) is 10.7. The molecule has 1 aliphatic heterocycles. The van der Waals surface area contributed by atoms with Gasteiger partial charge < -0.3 is 19.4 Å². The molecule has 0 radical (unpaired) electrons. The minimum absolute atomic E-state index is 0.0565. The van der Waals surface area contributed by atoms with Gasteiger partial charge in [-0.1, -0.05) is 0 Å². The van der Waals surface area contributed by atoms with Gasteiger partial charge in [-0.25, -0.2) is 0 Å². The van der Waals surface area contributed by atoms with Crippen LogP contribution in [0.4, 0.5) is 0 Å². The van der Waals surface area contributed by atoms with E-state index in [0.717, 1.165) is 23.3 Å². The fraction of sp³-hybridized carbons (Fsp3) is 0.458. The Bertz CT molecular complexity index is 1080. The number of aromatic amines is 1. The molecular weight excluding hydrogens is 394 g/mol. The second-order valence-electron chi connectivity index (χ2n) is 7.67. The molecule has 0 unspecified atom stereocenters.